The Kier molecular flexibility index (Phi) is 3.85. The molecular weight excluding hydrogens is 178 g/mol. The van der Waals surface area contributed by atoms with Crippen molar-refractivity contribution in [2.24, 2.45) is 0 Å². The van der Waals surface area contributed by atoms with Crippen LogP contribution in [0.5, 0.6) is 0 Å². The molecule has 0 unspecified atom stereocenters. The van der Waals surface area contributed by atoms with Gasteiger partial charge in [0.2, 0.25) is 10.5 Å². The van der Waals surface area contributed by atoms with Gasteiger partial charge in [0.1, 0.15) is 0 Å². The molecule has 68 valence electrons. The highest BCUT2D eigenvalue weighted by atomic mass is 28.2. The summed E-state index contributed by atoms with van der Waals surface area (Å²) in [7, 11) is 0.712. The standard InChI is InChI=1S/C10H13NOSi/c1-9(6-8-12-13)10-5-3-2-4-7-11-10/h2-8,11H,1H2,13H3. The SMILES string of the molecule is C=C(C=CO[SiH3])C1=CC=CC=CN1. The van der Waals surface area contributed by atoms with Gasteiger partial charge < -0.3 is 9.74 Å². The maximum atomic E-state index is 4.94. The molecular formula is C10H13NOSi. The van der Waals surface area contributed by atoms with E-state index >= 15 is 0 Å². The van der Waals surface area contributed by atoms with Crippen molar-refractivity contribution < 1.29 is 4.43 Å². The molecule has 0 fully saturated rings. The molecule has 0 radical (unpaired) electrons. The molecule has 1 aliphatic rings. The van der Waals surface area contributed by atoms with E-state index in [2.05, 4.69) is 11.9 Å². The Bertz CT molecular complexity index is 300. The van der Waals surface area contributed by atoms with E-state index in [1.54, 1.807) is 6.26 Å². The lowest BCUT2D eigenvalue weighted by Gasteiger charge is -2.04. The summed E-state index contributed by atoms with van der Waals surface area (Å²) in [6.45, 7) is 3.91. The Labute approximate surface area is 81.5 Å². The van der Waals surface area contributed by atoms with Crippen molar-refractivity contribution in [3.05, 3.63) is 60.7 Å². The van der Waals surface area contributed by atoms with Gasteiger partial charge in [-0.1, -0.05) is 18.7 Å². The Hall–Kier alpha value is -1.48. The highest BCUT2D eigenvalue weighted by molar-refractivity contribution is 5.98. The second kappa shape index (κ2) is 5.21. The molecule has 2 nitrogen and oxygen atoms in total. The summed E-state index contributed by atoms with van der Waals surface area (Å²) >= 11 is 0. The van der Waals surface area contributed by atoms with Gasteiger partial charge in [-0.05, 0) is 23.8 Å². The van der Waals surface area contributed by atoms with Gasteiger partial charge in [-0.25, -0.2) is 0 Å². The molecule has 0 spiro atoms. The summed E-state index contributed by atoms with van der Waals surface area (Å²) in [5.41, 5.74) is 1.90. The van der Waals surface area contributed by atoms with Gasteiger partial charge in [-0.3, -0.25) is 0 Å². The molecule has 3 heteroatoms. The molecule has 0 aliphatic carbocycles. The topological polar surface area (TPSA) is 21.3 Å². The third-order valence-corrected chi connectivity index (χ3v) is 1.84. The fourth-order valence-electron chi connectivity index (χ4n) is 0.897. The predicted molar refractivity (Wildman–Crippen MR) is 58.8 cm³/mol. The van der Waals surface area contributed by atoms with E-state index in [1.165, 1.54) is 0 Å². The zero-order valence-corrected chi connectivity index (χ0v) is 9.66. The van der Waals surface area contributed by atoms with E-state index in [0.717, 1.165) is 11.3 Å². The quantitative estimate of drug-likeness (QED) is 0.407. The second-order valence-electron chi connectivity index (χ2n) is 2.53. The van der Waals surface area contributed by atoms with Crippen LogP contribution in [-0.4, -0.2) is 10.5 Å². The molecule has 1 aliphatic heterocycles. The van der Waals surface area contributed by atoms with Gasteiger partial charge in [0.15, 0.2) is 0 Å². The molecule has 0 saturated carbocycles. The minimum atomic E-state index is 0.712. The average Bonchev–Trinajstić information content (AvgIpc) is 2.42. The number of nitrogens with one attached hydrogen (secondary N) is 1. The molecule has 1 heterocycles. The molecule has 1 rings (SSSR count). The van der Waals surface area contributed by atoms with Gasteiger partial charge >= 0.3 is 0 Å². The van der Waals surface area contributed by atoms with E-state index in [1.807, 2.05) is 36.6 Å². The number of hydrogen-bond acceptors (Lipinski definition) is 2. The molecule has 0 atom stereocenters. The van der Waals surface area contributed by atoms with E-state index in [9.17, 15) is 0 Å². The highest BCUT2D eigenvalue weighted by Gasteiger charge is 1.96. The summed E-state index contributed by atoms with van der Waals surface area (Å²) in [6, 6.07) is 0. The van der Waals surface area contributed by atoms with Crippen molar-refractivity contribution in [2.75, 3.05) is 0 Å². The van der Waals surface area contributed by atoms with E-state index in [4.69, 9.17) is 4.43 Å². The molecule has 0 amide bonds. The molecule has 1 N–H and O–H groups in total. The lowest BCUT2D eigenvalue weighted by atomic mass is 10.2. The molecule has 0 aromatic carbocycles. The maximum Gasteiger partial charge on any atom is 0.203 e. The van der Waals surface area contributed by atoms with Gasteiger partial charge in [0.05, 0.1) is 6.26 Å². The van der Waals surface area contributed by atoms with Gasteiger partial charge in [0.25, 0.3) is 0 Å². The van der Waals surface area contributed by atoms with Crippen LogP contribution in [0.25, 0.3) is 0 Å². The minimum Gasteiger partial charge on any atom is -0.558 e. The van der Waals surface area contributed by atoms with Crippen LogP contribution in [0.2, 0.25) is 0 Å². The first-order valence-electron chi connectivity index (χ1n) is 4.03. The summed E-state index contributed by atoms with van der Waals surface area (Å²) < 4.78 is 4.94. The monoisotopic (exact) mass is 191 g/mol. The van der Waals surface area contributed by atoms with Crippen molar-refractivity contribution >= 4 is 10.5 Å². The average molecular weight is 191 g/mol. The van der Waals surface area contributed by atoms with Crippen molar-refractivity contribution in [1.29, 1.82) is 0 Å². The van der Waals surface area contributed by atoms with Crippen LogP contribution in [0.15, 0.2) is 60.7 Å². The van der Waals surface area contributed by atoms with Gasteiger partial charge in [-0.15, -0.1) is 0 Å². The Morgan fingerprint density at radius 1 is 1.46 bits per heavy atom. The van der Waals surface area contributed by atoms with Crippen molar-refractivity contribution in [1.82, 2.24) is 5.32 Å². The largest absolute Gasteiger partial charge is 0.558 e. The highest BCUT2D eigenvalue weighted by Crippen LogP contribution is 2.07. The van der Waals surface area contributed by atoms with Crippen LogP contribution in [0.4, 0.5) is 0 Å². The normalized spacial score (nSPS) is 15.2. The predicted octanol–water partition coefficient (Wildman–Crippen LogP) is 0.910. The lowest BCUT2D eigenvalue weighted by Crippen LogP contribution is -2.04. The fourth-order valence-corrected chi connectivity index (χ4v) is 1.03. The summed E-state index contributed by atoms with van der Waals surface area (Å²) in [6.07, 6.45) is 13.2. The zero-order valence-electron chi connectivity index (χ0n) is 7.66. The summed E-state index contributed by atoms with van der Waals surface area (Å²) in [5.74, 6) is 0. The van der Waals surface area contributed by atoms with Gasteiger partial charge in [-0.2, -0.15) is 0 Å². The van der Waals surface area contributed by atoms with Crippen molar-refractivity contribution in [2.45, 2.75) is 0 Å². The molecule has 0 saturated heterocycles. The number of allylic oxidation sites excluding steroid dienone is 5. The molecule has 0 aromatic heterocycles. The zero-order chi connectivity index (χ0) is 9.52. The smallest absolute Gasteiger partial charge is 0.203 e. The maximum absolute atomic E-state index is 4.94. The first kappa shape index (κ1) is 9.60. The minimum absolute atomic E-state index is 0.712. The second-order valence-corrected chi connectivity index (χ2v) is 3.00. The molecule has 0 bridgehead atoms. The molecule has 0 aromatic rings. The third-order valence-electron chi connectivity index (χ3n) is 1.57. The summed E-state index contributed by atoms with van der Waals surface area (Å²) in [4.78, 5) is 0. The van der Waals surface area contributed by atoms with Crippen LogP contribution < -0.4 is 5.32 Å². The van der Waals surface area contributed by atoms with Crippen molar-refractivity contribution in [3.63, 3.8) is 0 Å². The van der Waals surface area contributed by atoms with Crippen LogP contribution in [0, 0.1) is 0 Å². The van der Waals surface area contributed by atoms with Crippen LogP contribution >= 0.6 is 0 Å². The van der Waals surface area contributed by atoms with E-state index in [-0.39, 0.29) is 0 Å². The van der Waals surface area contributed by atoms with E-state index < -0.39 is 0 Å². The van der Waals surface area contributed by atoms with Crippen LogP contribution in [-0.2, 0) is 4.43 Å². The first-order chi connectivity index (χ1) is 6.34. The van der Waals surface area contributed by atoms with Gasteiger partial charge in [0, 0.05) is 11.9 Å². The Morgan fingerprint density at radius 3 is 3.08 bits per heavy atom. The molecule has 13 heavy (non-hydrogen) atoms. The van der Waals surface area contributed by atoms with Crippen LogP contribution in [0.1, 0.15) is 0 Å². The Morgan fingerprint density at radius 2 is 2.31 bits per heavy atom. The van der Waals surface area contributed by atoms with Crippen LogP contribution in [0.3, 0.4) is 0 Å². The first-order valence-corrected chi connectivity index (χ1v) is 4.85. The van der Waals surface area contributed by atoms with Crippen molar-refractivity contribution in [3.8, 4) is 0 Å². The lowest BCUT2D eigenvalue weighted by molar-refractivity contribution is 0.534. The number of hydrogen-bond donors (Lipinski definition) is 1. The third kappa shape index (κ3) is 3.17. The number of rotatable bonds is 3. The Balaban J connectivity index is 2.66. The summed E-state index contributed by atoms with van der Waals surface area (Å²) in [5, 5.41) is 3.11. The van der Waals surface area contributed by atoms with E-state index in [0.29, 0.717) is 10.5 Å². The fraction of sp³-hybridized carbons (Fsp3) is 0.